The summed E-state index contributed by atoms with van der Waals surface area (Å²) < 4.78 is 4.63. The Labute approximate surface area is 171 Å². The van der Waals surface area contributed by atoms with E-state index in [1.165, 1.54) is 7.11 Å². The molecule has 1 N–H and O–H groups in total. The predicted molar refractivity (Wildman–Crippen MR) is 114 cm³/mol. The van der Waals surface area contributed by atoms with Crippen LogP contribution in [0.3, 0.4) is 0 Å². The Kier molecular flexibility index (Phi) is 10.7. The lowest BCUT2D eigenvalue weighted by molar-refractivity contribution is -0.140. The van der Waals surface area contributed by atoms with Crippen LogP contribution in [-0.4, -0.2) is 30.1 Å². The van der Waals surface area contributed by atoms with Crippen molar-refractivity contribution in [1.82, 2.24) is 0 Å². The number of ketones is 1. The van der Waals surface area contributed by atoms with E-state index >= 15 is 0 Å². The molecule has 1 fully saturated rings. The van der Waals surface area contributed by atoms with E-state index in [1.54, 1.807) is 0 Å². The number of aliphatic hydroxyl groups excluding tert-OH is 1. The van der Waals surface area contributed by atoms with Crippen LogP contribution in [0.1, 0.15) is 79.1 Å². The maximum absolute atomic E-state index is 12.4. The van der Waals surface area contributed by atoms with E-state index in [4.69, 9.17) is 0 Å². The Balaban J connectivity index is 2.60. The number of aliphatic hydroxyl groups is 1. The van der Waals surface area contributed by atoms with Gasteiger partial charge in [-0.05, 0) is 42.9 Å². The fraction of sp³-hybridized carbons (Fsp3) is 0.750. The molecule has 1 saturated carbocycles. The molecule has 0 unspecified atom stereocenters. The molecule has 160 valence electrons. The Bertz CT molecular complexity index is 547. The quantitative estimate of drug-likeness (QED) is 0.280. The first-order valence-corrected chi connectivity index (χ1v) is 10.8. The molecule has 4 heteroatoms. The molecule has 0 bridgehead atoms. The minimum atomic E-state index is -0.489. The number of carbonyl (C=O) groups is 2. The standard InChI is InChI=1S/C24H40O4/c1-6-7-16-24(3,4)22(26)15-14-19-18(2)17-21(25)20(19)12-10-8-9-11-13-23(27)28-5/h8,10,14-15,18-20,22,26H,6-7,9,11-13,16-17H2,1-5H3/t18-,19-,20-,22-/m1/s1. The van der Waals surface area contributed by atoms with Crippen LogP contribution < -0.4 is 0 Å². The number of esters is 1. The summed E-state index contributed by atoms with van der Waals surface area (Å²) in [5, 5.41) is 10.6. The number of hydrogen-bond donors (Lipinski definition) is 1. The van der Waals surface area contributed by atoms with Gasteiger partial charge in [0.15, 0.2) is 0 Å². The van der Waals surface area contributed by atoms with E-state index in [0.29, 0.717) is 24.5 Å². The number of rotatable bonds is 12. The second-order valence-electron chi connectivity index (χ2n) is 8.93. The van der Waals surface area contributed by atoms with Gasteiger partial charge in [-0.3, -0.25) is 9.59 Å². The zero-order chi connectivity index (χ0) is 21.2. The molecule has 0 spiro atoms. The van der Waals surface area contributed by atoms with Gasteiger partial charge >= 0.3 is 5.97 Å². The van der Waals surface area contributed by atoms with E-state index in [-0.39, 0.29) is 23.2 Å². The summed E-state index contributed by atoms with van der Waals surface area (Å²) in [6, 6.07) is 0. The first kappa shape index (κ1) is 24.6. The summed E-state index contributed by atoms with van der Waals surface area (Å²) in [6.45, 7) is 8.50. The zero-order valence-electron chi connectivity index (χ0n) is 18.4. The second kappa shape index (κ2) is 12.2. The molecule has 0 aromatic heterocycles. The number of hydrogen-bond acceptors (Lipinski definition) is 4. The van der Waals surface area contributed by atoms with Gasteiger partial charge in [0.2, 0.25) is 0 Å². The summed E-state index contributed by atoms with van der Waals surface area (Å²) in [7, 11) is 1.40. The largest absolute Gasteiger partial charge is 0.469 e. The summed E-state index contributed by atoms with van der Waals surface area (Å²) in [6.07, 6.45) is 14.2. The van der Waals surface area contributed by atoms with Crippen LogP contribution in [0.25, 0.3) is 0 Å². The topological polar surface area (TPSA) is 63.6 Å². The third kappa shape index (κ3) is 7.90. The average molecular weight is 393 g/mol. The van der Waals surface area contributed by atoms with Crippen molar-refractivity contribution in [2.75, 3.05) is 7.11 Å². The molecular formula is C24H40O4. The second-order valence-corrected chi connectivity index (χ2v) is 8.93. The molecule has 1 rings (SSSR count). The average Bonchev–Trinajstić information content (AvgIpc) is 2.93. The number of allylic oxidation sites excluding steroid dienone is 3. The minimum absolute atomic E-state index is 0.00550. The highest BCUT2D eigenvalue weighted by Crippen LogP contribution is 2.38. The van der Waals surface area contributed by atoms with Crippen molar-refractivity contribution in [3.63, 3.8) is 0 Å². The van der Waals surface area contributed by atoms with Crippen LogP contribution >= 0.6 is 0 Å². The first-order chi connectivity index (χ1) is 13.2. The fourth-order valence-electron chi connectivity index (χ4n) is 3.93. The SMILES string of the molecule is CCCCC(C)(C)[C@H](O)C=C[C@@H]1[C@H](C)CC(=O)[C@@H]1CC=CCCCC(=O)OC. The Hall–Kier alpha value is -1.42. The van der Waals surface area contributed by atoms with E-state index < -0.39 is 6.10 Å². The van der Waals surface area contributed by atoms with Crippen molar-refractivity contribution in [3.8, 4) is 0 Å². The molecule has 1 aliphatic rings. The van der Waals surface area contributed by atoms with Crippen molar-refractivity contribution in [2.24, 2.45) is 23.2 Å². The first-order valence-electron chi connectivity index (χ1n) is 10.8. The van der Waals surface area contributed by atoms with Crippen LogP contribution in [0.4, 0.5) is 0 Å². The molecule has 4 atom stereocenters. The van der Waals surface area contributed by atoms with Crippen molar-refractivity contribution < 1.29 is 19.4 Å². The molecule has 0 heterocycles. The van der Waals surface area contributed by atoms with E-state index in [1.807, 2.05) is 6.08 Å². The van der Waals surface area contributed by atoms with Crippen molar-refractivity contribution in [2.45, 2.75) is 85.2 Å². The lowest BCUT2D eigenvalue weighted by Gasteiger charge is -2.29. The van der Waals surface area contributed by atoms with Crippen molar-refractivity contribution >= 4 is 11.8 Å². The van der Waals surface area contributed by atoms with Crippen LogP contribution in [-0.2, 0) is 14.3 Å². The molecule has 0 amide bonds. The normalized spacial score (nSPS) is 24.4. The maximum Gasteiger partial charge on any atom is 0.305 e. The van der Waals surface area contributed by atoms with Crippen LogP contribution in [0.5, 0.6) is 0 Å². The molecular weight excluding hydrogens is 352 g/mol. The molecule has 1 aliphatic carbocycles. The number of unbranched alkanes of at least 4 members (excludes halogenated alkanes) is 2. The molecule has 0 aromatic rings. The number of Topliss-reactive ketones (excluding diaryl/α,β-unsaturated/α-hetero) is 1. The molecule has 0 aliphatic heterocycles. The maximum atomic E-state index is 12.4. The van der Waals surface area contributed by atoms with Gasteiger partial charge in [-0.15, -0.1) is 0 Å². The third-order valence-electron chi connectivity index (χ3n) is 6.09. The van der Waals surface area contributed by atoms with Gasteiger partial charge < -0.3 is 9.84 Å². The lowest BCUT2D eigenvalue weighted by Crippen LogP contribution is -2.28. The van der Waals surface area contributed by atoms with Gasteiger partial charge in [0.1, 0.15) is 5.78 Å². The van der Waals surface area contributed by atoms with Crippen LogP contribution in [0.15, 0.2) is 24.3 Å². The summed E-state index contributed by atoms with van der Waals surface area (Å²) in [4.78, 5) is 23.5. The van der Waals surface area contributed by atoms with Crippen molar-refractivity contribution in [1.29, 1.82) is 0 Å². The number of carbonyl (C=O) groups excluding carboxylic acids is 2. The van der Waals surface area contributed by atoms with E-state index in [9.17, 15) is 14.7 Å². The molecule has 0 saturated heterocycles. The van der Waals surface area contributed by atoms with Gasteiger partial charge in [0.25, 0.3) is 0 Å². The van der Waals surface area contributed by atoms with Crippen molar-refractivity contribution in [3.05, 3.63) is 24.3 Å². The van der Waals surface area contributed by atoms with E-state index in [0.717, 1.165) is 38.5 Å². The van der Waals surface area contributed by atoms with E-state index in [2.05, 4.69) is 50.7 Å². The predicted octanol–water partition coefficient (Wildman–Crippen LogP) is 5.25. The van der Waals surface area contributed by atoms with Gasteiger partial charge in [-0.2, -0.15) is 0 Å². The summed E-state index contributed by atoms with van der Waals surface area (Å²) in [5.41, 5.74) is -0.145. The highest BCUT2D eigenvalue weighted by molar-refractivity contribution is 5.84. The van der Waals surface area contributed by atoms with Crippen LogP contribution in [0, 0.1) is 23.2 Å². The highest BCUT2D eigenvalue weighted by atomic mass is 16.5. The van der Waals surface area contributed by atoms with Gasteiger partial charge in [0.05, 0.1) is 13.2 Å². The van der Waals surface area contributed by atoms with Crippen LogP contribution in [0.2, 0.25) is 0 Å². The van der Waals surface area contributed by atoms with Gasteiger partial charge in [-0.25, -0.2) is 0 Å². The Morgan fingerprint density at radius 1 is 1.32 bits per heavy atom. The Morgan fingerprint density at radius 2 is 2.04 bits per heavy atom. The van der Waals surface area contributed by atoms with Gasteiger partial charge in [-0.1, -0.05) is 64.8 Å². The smallest absolute Gasteiger partial charge is 0.305 e. The minimum Gasteiger partial charge on any atom is -0.469 e. The Morgan fingerprint density at radius 3 is 2.68 bits per heavy atom. The number of ether oxygens (including phenoxy) is 1. The zero-order valence-corrected chi connectivity index (χ0v) is 18.4. The molecule has 28 heavy (non-hydrogen) atoms. The molecule has 0 aromatic carbocycles. The fourth-order valence-corrected chi connectivity index (χ4v) is 3.93. The highest BCUT2D eigenvalue weighted by Gasteiger charge is 2.38. The third-order valence-corrected chi connectivity index (χ3v) is 6.09. The monoisotopic (exact) mass is 392 g/mol. The molecule has 4 nitrogen and oxygen atoms in total. The number of methoxy groups -OCH3 is 1. The summed E-state index contributed by atoms with van der Waals surface area (Å²) in [5.74, 6) is 0.630. The molecule has 0 radical (unpaired) electrons. The summed E-state index contributed by atoms with van der Waals surface area (Å²) >= 11 is 0. The van der Waals surface area contributed by atoms with Gasteiger partial charge in [0, 0.05) is 18.8 Å². The lowest BCUT2D eigenvalue weighted by atomic mass is 9.80.